The molecule has 0 radical (unpaired) electrons. The summed E-state index contributed by atoms with van der Waals surface area (Å²) in [7, 11) is 0. The van der Waals surface area contributed by atoms with E-state index in [1.165, 1.54) is 0 Å². The minimum Gasteiger partial charge on any atom is -0.349 e. The van der Waals surface area contributed by atoms with Crippen LogP contribution in [-0.4, -0.2) is 11.9 Å². The maximum absolute atomic E-state index is 10.8. The lowest BCUT2D eigenvalue weighted by Crippen LogP contribution is -2.39. The quantitative estimate of drug-likeness (QED) is 0.541. The standard InChI is InChI=1S/C8H13NO/c1-6(2)7-4-3-5-8(10)9-7/h3-4,6-7H,5H2,1-2H3,(H,9,10). The van der Waals surface area contributed by atoms with Crippen LogP contribution in [0.5, 0.6) is 0 Å². The minimum atomic E-state index is 0.140. The first-order valence-electron chi connectivity index (χ1n) is 3.66. The van der Waals surface area contributed by atoms with E-state index in [0.29, 0.717) is 12.3 Å². The van der Waals surface area contributed by atoms with Gasteiger partial charge in [-0.25, -0.2) is 0 Å². The second kappa shape index (κ2) is 2.86. The van der Waals surface area contributed by atoms with Crippen molar-refractivity contribution in [2.75, 3.05) is 0 Å². The van der Waals surface area contributed by atoms with Gasteiger partial charge in [0.05, 0.1) is 0 Å². The third-order valence-corrected chi connectivity index (χ3v) is 1.69. The Balaban J connectivity index is 2.55. The molecule has 1 rings (SSSR count). The SMILES string of the molecule is CC(C)C1C=CCC(=O)N1. The van der Waals surface area contributed by atoms with Crippen molar-refractivity contribution >= 4 is 5.91 Å². The van der Waals surface area contributed by atoms with Gasteiger partial charge in [0, 0.05) is 12.5 Å². The maximum atomic E-state index is 10.8. The fourth-order valence-corrected chi connectivity index (χ4v) is 1.00. The Bertz CT molecular complexity index is 161. The van der Waals surface area contributed by atoms with E-state index in [4.69, 9.17) is 0 Å². The second-order valence-electron chi connectivity index (χ2n) is 2.97. The van der Waals surface area contributed by atoms with Crippen molar-refractivity contribution in [3.63, 3.8) is 0 Å². The number of carbonyl (C=O) groups excluding carboxylic acids is 1. The van der Waals surface area contributed by atoms with Gasteiger partial charge in [0.2, 0.25) is 5.91 Å². The van der Waals surface area contributed by atoms with Crippen LogP contribution < -0.4 is 5.32 Å². The van der Waals surface area contributed by atoms with E-state index in [0.717, 1.165) is 0 Å². The molecular weight excluding hydrogens is 126 g/mol. The third kappa shape index (κ3) is 1.59. The van der Waals surface area contributed by atoms with Gasteiger partial charge in [-0.15, -0.1) is 0 Å². The highest BCUT2D eigenvalue weighted by Gasteiger charge is 2.15. The molecule has 1 unspecified atom stereocenters. The zero-order valence-electron chi connectivity index (χ0n) is 6.42. The van der Waals surface area contributed by atoms with Crippen molar-refractivity contribution in [2.45, 2.75) is 26.3 Å². The molecule has 1 N–H and O–H groups in total. The molecule has 0 aromatic rings. The first-order valence-corrected chi connectivity index (χ1v) is 3.66. The molecule has 0 saturated carbocycles. The van der Waals surface area contributed by atoms with Gasteiger partial charge in [-0.1, -0.05) is 26.0 Å². The van der Waals surface area contributed by atoms with E-state index in [1.54, 1.807) is 0 Å². The highest BCUT2D eigenvalue weighted by molar-refractivity contribution is 5.79. The van der Waals surface area contributed by atoms with E-state index in [1.807, 2.05) is 6.08 Å². The van der Waals surface area contributed by atoms with Crippen LogP contribution in [0, 0.1) is 5.92 Å². The van der Waals surface area contributed by atoms with Crippen LogP contribution in [0.15, 0.2) is 12.2 Å². The van der Waals surface area contributed by atoms with E-state index in [-0.39, 0.29) is 11.9 Å². The number of hydrogen-bond acceptors (Lipinski definition) is 1. The zero-order chi connectivity index (χ0) is 7.56. The van der Waals surface area contributed by atoms with Crippen molar-refractivity contribution in [2.24, 2.45) is 5.92 Å². The molecule has 0 aromatic heterocycles. The Labute approximate surface area is 61.3 Å². The summed E-state index contributed by atoms with van der Waals surface area (Å²) >= 11 is 0. The second-order valence-corrected chi connectivity index (χ2v) is 2.97. The molecule has 1 aliphatic rings. The van der Waals surface area contributed by atoms with Gasteiger partial charge in [-0.2, -0.15) is 0 Å². The van der Waals surface area contributed by atoms with Crippen LogP contribution in [-0.2, 0) is 4.79 Å². The maximum Gasteiger partial charge on any atom is 0.224 e. The van der Waals surface area contributed by atoms with Crippen LogP contribution in [0.3, 0.4) is 0 Å². The van der Waals surface area contributed by atoms with Crippen molar-refractivity contribution in [3.05, 3.63) is 12.2 Å². The number of nitrogens with one attached hydrogen (secondary N) is 1. The summed E-state index contributed by atoms with van der Waals surface area (Å²) in [5.74, 6) is 0.640. The fourth-order valence-electron chi connectivity index (χ4n) is 1.00. The van der Waals surface area contributed by atoms with E-state index in [9.17, 15) is 4.79 Å². The van der Waals surface area contributed by atoms with Crippen molar-refractivity contribution < 1.29 is 4.79 Å². The molecule has 56 valence electrons. The first-order chi connectivity index (χ1) is 4.70. The summed E-state index contributed by atoms with van der Waals surface area (Å²) < 4.78 is 0. The Morgan fingerprint density at radius 2 is 2.40 bits per heavy atom. The third-order valence-electron chi connectivity index (χ3n) is 1.69. The number of rotatable bonds is 1. The fraction of sp³-hybridized carbons (Fsp3) is 0.625. The summed E-state index contributed by atoms with van der Waals surface area (Å²) in [5.41, 5.74) is 0. The molecule has 1 aliphatic heterocycles. The molecule has 0 aromatic carbocycles. The van der Waals surface area contributed by atoms with Gasteiger partial charge < -0.3 is 5.32 Å². The minimum absolute atomic E-state index is 0.140. The highest BCUT2D eigenvalue weighted by Crippen LogP contribution is 2.07. The molecule has 1 amide bonds. The Hall–Kier alpha value is -0.790. The van der Waals surface area contributed by atoms with Crippen LogP contribution in [0.25, 0.3) is 0 Å². The highest BCUT2D eigenvalue weighted by atomic mass is 16.1. The average molecular weight is 139 g/mol. The lowest BCUT2D eigenvalue weighted by molar-refractivity contribution is -0.121. The van der Waals surface area contributed by atoms with Crippen LogP contribution in [0.1, 0.15) is 20.3 Å². The molecule has 2 nitrogen and oxygen atoms in total. The van der Waals surface area contributed by atoms with Crippen molar-refractivity contribution in [1.29, 1.82) is 0 Å². The number of hydrogen-bond donors (Lipinski definition) is 1. The normalized spacial score (nSPS) is 25.1. The summed E-state index contributed by atoms with van der Waals surface area (Å²) in [6.07, 6.45) is 4.54. The molecule has 10 heavy (non-hydrogen) atoms. The molecule has 0 fully saturated rings. The van der Waals surface area contributed by atoms with E-state index < -0.39 is 0 Å². The molecule has 2 heteroatoms. The van der Waals surface area contributed by atoms with E-state index in [2.05, 4.69) is 25.2 Å². The Morgan fingerprint density at radius 1 is 1.70 bits per heavy atom. The molecule has 0 bridgehead atoms. The first kappa shape index (κ1) is 7.32. The molecule has 1 heterocycles. The average Bonchev–Trinajstić information content (AvgIpc) is 1.88. The van der Waals surface area contributed by atoms with Crippen LogP contribution in [0.4, 0.5) is 0 Å². The van der Waals surface area contributed by atoms with Gasteiger partial charge in [-0.05, 0) is 5.92 Å². The largest absolute Gasteiger partial charge is 0.349 e. The van der Waals surface area contributed by atoms with Gasteiger partial charge >= 0.3 is 0 Å². The van der Waals surface area contributed by atoms with Crippen molar-refractivity contribution in [1.82, 2.24) is 5.32 Å². The summed E-state index contributed by atoms with van der Waals surface area (Å²) in [6, 6.07) is 0.251. The number of carbonyl (C=O) groups is 1. The monoisotopic (exact) mass is 139 g/mol. The molecule has 0 saturated heterocycles. The predicted molar refractivity (Wildman–Crippen MR) is 40.5 cm³/mol. The molecular formula is C8H13NO. The van der Waals surface area contributed by atoms with E-state index >= 15 is 0 Å². The molecule has 0 aliphatic carbocycles. The summed E-state index contributed by atoms with van der Waals surface area (Å²) in [6.45, 7) is 4.20. The topological polar surface area (TPSA) is 29.1 Å². The van der Waals surface area contributed by atoms with Gasteiger partial charge in [0.25, 0.3) is 0 Å². The lowest BCUT2D eigenvalue weighted by atomic mass is 10.0. The Kier molecular flexibility index (Phi) is 2.10. The molecule has 1 atom stereocenters. The summed E-state index contributed by atoms with van der Waals surface area (Å²) in [5, 5.41) is 2.89. The molecule has 0 spiro atoms. The van der Waals surface area contributed by atoms with Gasteiger partial charge in [0.15, 0.2) is 0 Å². The predicted octanol–water partition coefficient (Wildman–Crippen LogP) is 1.09. The van der Waals surface area contributed by atoms with Gasteiger partial charge in [-0.3, -0.25) is 4.79 Å². The smallest absolute Gasteiger partial charge is 0.224 e. The Morgan fingerprint density at radius 3 is 2.80 bits per heavy atom. The van der Waals surface area contributed by atoms with Crippen molar-refractivity contribution in [3.8, 4) is 0 Å². The zero-order valence-corrected chi connectivity index (χ0v) is 6.42. The lowest BCUT2D eigenvalue weighted by Gasteiger charge is -2.21. The summed E-state index contributed by atoms with van der Waals surface area (Å²) in [4.78, 5) is 10.8. The van der Waals surface area contributed by atoms with Gasteiger partial charge in [0.1, 0.15) is 0 Å². The van der Waals surface area contributed by atoms with Crippen LogP contribution >= 0.6 is 0 Å². The number of amides is 1. The van der Waals surface area contributed by atoms with Crippen LogP contribution in [0.2, 0.25) is 0 Å².